The first-order valence-electron chi connectivity index (χ1n) is 6.36. The molecule has 0 aromatic heterocycles. The lowest BCUT2D eigenvalue weighted by Crippen LogP contribution is -2.50. The first-order valence-corrected chi connectivity index (χ1v) is 8.18. The van der Waals surface area contributed by atoms with Gasteiger partial charge in [-0.3, -0.25) is 0 Å². The number of rotatable bonds is 1. The molecule has 2 heterocycles. The molecule has 0 bridgehead atoms. The molecular weight excluding hydrogens is 222 g/mol. The molecule has 16 heavy (non-hydrogen) atoms. The summed E-state index contributed by atoms with van der Waals surface area (Å²) in [5.74, 6) is 2.12. The Hall–Kier alpha value is -0.0900. The van der Waals surface area contributed by atoms with Crippen LogP contribution in [0.4, 0.5) is 0 Å². The van der Waals surface area contributed by atoms with Gasteiger partial charge in [-0.1, -0.05) is 13.8 Å². The normalized spacial score (nSPS) is 33.1. The molecule has 0 aromatic carbocycles. The second-order valence-corrected chi connectivity index (χ2v) is 8.12. The van der Waals surface area contributed by atoms with Crippen molar-refractivity contribution in [2.45, 2.75) is 33.1 Å². The molecule has 1 spiro atoms. The van der Waals surface area contributed by atoms with Crippen LogP contribution in [-0.4, -0.2) is 33.0 Å². The third kappa shape index (κ3) is 2.28. The highest BCUT2D eigenvalue weighted by atomic mass is 32.2. The van der Waals surface area contributed by atoms with E-state index in [0.29, 0.717) is 28.8 Å². The molecule has 1 N–H and O–H groups in total. The molecule has 2 saturated heterocycles. The Morgan fingerprint density at radius 3 is 2.38 bits per heavy atom. The van der Waals surface area contributed by atoms with E-state index >= 15 is 0 Å². The van der Waals surface area contributed by atoms with Crippen LogP contribution in [0.25, 0.3) is 0 Å². The summed E-state index contributed by atoms with van der Waals surface area (Å²) in [5, 5.41) is 3.46. The zero-order chi connectivity index (χ0) is 11.8. The third-order valence-electron chi connectivity index (χ3n) is 4.58. The molecule has 2 fully saturated rings. The zero-order valence-electron chi connectivity index (χ0n) is 10.3. The minimum atomic E-state index is -2.73. The van der Waals surface area contributed by atoms with Gasteiger partial charge in [-0.2, -0.15) is 0 Å². The minimum absolute atomic E-state index is 0.310. The summed E-state index contributed by atoms with van der Waals surface area (Å²) in [6, 6.07) is 0. The highest BCUT2D eigenvalue weighted by Gasteiger charge is 2.45. The van der Waals surface area contributed by atoms with Gasteiger partial charge in [0.1, 0.15) is 9.84 Å². The lowest BCUT2D eigenvalue weighted by Gasteiger charge is -2.48. The van der Waals surface area contributed by atoms with Gasteiger partial charge in [0.05, 0.1) is 11.5 Å². The quantitative estimate of drug-likeness (QED) is 0.760. The van der Waals surface area contributed by atoms with Gasteiger partial charge in [0.25, 0.3) is 0 Å². The molecule has 0 aliphatic carbocycles. The summed E-state index contributed by atoms with van der Waals surface area (Å²) in [7, 11) is -2.73. The zero-order valence-corrected chi connectivity index (χ0v) is 11.1. The second kappa shape index (κ2) is 4.30. The second-order valence-electron chi connectivity index (χ2n) is 5.82. The maximum absolute atomic E-state index is 11.5. The fourth-order valence-corrected chi connectivity index (χ4v) is 5.14. The predicted octanol–water partition coefficient (Wildman–Crippen LogP) is 1.45. The minimum Gasteiger partial charge on any atom is -0.316 e. The summed E-state index contributed by atoms with van der Waals surface area (Å²) in [6.07, 6.45) is 2.94. The van der Waals surface area contributed by atoms with Gasteiger partial charge in [0.15, 0.2) is 0 Å². The Kier molecular flexibility index (Phi) is 3.32. The van der Waals surface area contributed by atoms with E-state index in [2.05, 4.69) is 19.2 Å². The van der Waals surface area contributed by atoms with Gasteiger partial charge >= 0.3 is 0 Å². The molecule has 2 aliphatic heterocycles. The largest absolute Gasteiger partial charge is 0.316 e. The number of nitrogens with one attached hydrogen (secondary N) is 1. The molecule has 4 heteroatoms. The van der Waals surface area contributed by atoms with Gasteiger partial charge in [-0.25, -0.2) is 8.42 Å². The van der Waals surface area contributed by atoms with Gasteiger partial charge in [0.2, 0.25) is 0 Å². The van der Waals surface area contributed by atoms with Crippen LogP contribution < -0.4 is 5.32 Å². The van der Waals surface area contributed by atoms with Crippen molar-refractivity contribution in [1.82, 2.24) is 5.32 Å². The Bertz CT molecular complexity index is 334. The van der Waals surface area contributed by atoms with E-state index in [-0.39, 0.29) is 0 Å². The molecule has 0 amide bonds. The monoisotopic (exact) mass is 245 g/mol. The lowest BCUT2D eigenvalue weighted by atomic mass is 9.63. The van der Waals surface area contributed by atoms with Crippen LogP contribution in [0.15, 0.2) is 0 Å². The third-order valence-corrected chi connectivity index (χ3v) is 6.23. The van der Waals surface area contributed by atoms with Gasteiger partial charge in [0, 0.05) is 0 Å². The average Bonchev–Trinajstić information content (AvgIpc) is 2.23. The first kappa shape index (κ1) is 12.4. The molecule has 3 nitrogen and oxygen atoms in total. The molecule has 0 radical (unpaired) electrons. The van der Waals surface area contributed by atoms with E-state index in [9.17, 15) is 8.42 Å². The fraction of sp³-hybridized carbons (Fsp3) is 1.00. The average molecular weight is 245 g/mol. The lowest BCUT2D eigenvalue weighted by molar-refractivity contribution is 0.0594. The van der Waals surface area contributed by atoms with Crippen molar-refractivity contribution in [3.8, 4) is 0 Å². The molecule has 94 valence electrons. The van der Waals surface area contributed by atoms with Gasteiger partial charge in [-0.15, -0.1) is 0 Å². The summed E-state index contributed by atoms with van der Waals surface area (Å²) in [5.41, 5.74) is 0.310. The van der Waals surface area contributed by atoms with Crippen LogP contribution in [-0.2, 0) is 9.84 Å². The molecule has 2 rings (SSSR count). The summed E-state index contributed by atoms with van der Waals surface area (Å²) in [4.78, 5) is 0. The van der Waals surface area contributed by atoms with Crippen molar-refractivity contribution in [1.29, 1.82) is 0 Å². The SMILES string of the molecule is CC(C)C1CNCCC12CCS(=O)(=O)CC2. The molecule has 0 aromatic rings. The Labute approximate surface area is 98.9 Å². The highest BCUT2D eigenvalue weighted by molar-refractivity contribution is 7.91. The number of sulfone groups is 1. The maximum Gasteiger partial charge on any atom is 0.150 e. The molecular formula is C12H23NO2S. The summed E-state index contributed by atoms with van der Waals surface area (Å²) in [6.45, 7) is 6.66. The summed E-state index contributed by atoms with van der Waals surface area (Å²) < 4.78 is 23.1. The Balaban J connectivity index is 2.16. The van der Waals surface area contributed by atoms with Crippen LogP contribution >= 0.6 is 0 Å². The molecule has 1 atom stereocenters. The van der Waals surface area contributed by atoms with Crippen LogP contribution in [0, 0.1) is 17.3 Å². The van der Waals surface area contributed by atoms with Crippen molar-refractivity contribution in [3.63, 3.8) is 0 Å². The van der Waals surface area contributed by atoms with Crippen LogP contribution in [0.1, 0.15) is 33.1 Å². The van der Waals surface area contributed by atoms with Crippen LogP contribution in [0.3, 0.4) is 0 Å². The molecule has 0 saturated carbocycles. The predicted molar refractivity (Wildman–Crippen MR) is 66.1 cm³/mol. The Morgan fingerprint density at radius 2 is 1.81 bits per heavy atom. The van der Waals surface area contributed by atoms with Crippen molar-refractivity contribution >= 4 is 9.84 Å². The fourth-order valence-electron chi connectivity index (χ4n) is 3.50. The van der Waals surface area contributed by atoms with Crippen LogP contribution in [0.5, 0.6) is 0 Å². The molecule has 1 unspecified atom stereocenters. The maximum atomic E-state index is 11.5. The van der Waals surface area contributed by atoms with Gasteiger partial charge in [-0.05, 0) is 49.6 Å². The number of hydrogen-bond acceptors (Lipinski definition) is 3. The van der Waals surface area contributed by atoms with Crippen molar-refractivity contribution in [2.75, 3.05) is 24.6 Å². The molecule has 2 aliphatic rings. The standard InChI is InChI=1S/C12H23NO2S/c1-10(2)11-9-13-6-3-12(11)4-7-16(14,15)8-5-12/h10-11,13H,3-9H2,1-2H3. The van der Waals surface area contributed by atoms with Crippen LogP contribution in [0.2, 0.25) is 0 Å². The van der Waals surface area contributed by atoms with E-state index in [0.717, 1.165) is 32.4 Å². The Morgan fingerprint density at radius 1 is 1.19 bits per heavy atom. The first-order chi connectivity index (χ1) is 7.45. The smallest absolute Gasteiger partial charge is 0.150 e. The van der Waals surface area contributed by atoms with E-state index in [1.54, 1.807) is 0 Å². The number of piperidine rings is 1. The van der Waals surface area contributed by atoms with E-state index in [1.165, 1.54) is 0 Å². The van der Waals surface area contributed by atoms with E-state index in [4.69, 9.17) is 0 Å². The van der Waals surface area contributed by atoms with E-state index in [1.807, 2.05) is 0 Å². The van der Waals surface area contributed by atoms with E-state index < -0.39 is 9.84 Å². The highest BCUT2D eigenvalue weighted by Crippen LogP contribution is 2.46. The summed E-state index contributed by atoms with van der Waals surface area (Å²) >= 11 is 0. The van der Waals surface area contributed by atoms with Crippen molar-refractivity contribution < 1.29 is 8.42 Å². The van der Waals surface area contributed by atoms with Crippen molar-refractivity contribution in [3.05, 3.63) is 0 Å². The van der Waals surface area contributed by atoms with Crippen molar-refractivity contribution in [2.24, 2.45) is 17.3 Å². The topological polar surface area (TPSA) is 46.2 Å². The van der Waals surface area contributed by atoms with Gasteiger partial charge < -0.3 is 5.32 Å². The number of hydrogen-bond donors (Lipinski definition) is 1.